The Hall–Kier alpha value is -2.00. The lowest BCUT2D eigenvalue weighted by Gasteiger charge is -2.09. The van der Waals surface area contributed by atoms with Crippen molar-refractivity contribution in [3.63, 3.8) is 0 Å². The number of aryl methyl sites for hydroxylation is 3. The standard InChI is InChI=1S/C15H20N2S.C9H10/c1-3-5-6-7-14-16-17-15(18-14)13-10-8-12(4-2)9-11-13;1-2-3-7-6-8-4-5-9(7)8/h8-11H,3-7H2,1-2H3;4-6H,2-3H2,1H3. The summed E-state index contributed by atoms with van der Waals surface area (Å²) in [4.78, 5) is 0. The fourth-order valence-electron chi connectivity index (χ4n) is 3.23. The molecule has 2 aromatic rings. The lowest BCUT2D eigenvalue weighted by molar-refractivity contribution is 0.710. The van der Waals surface area contributed by atoms with Gasteiger partial charge in [0.25, 0.3) is 0 Å². The molecule has 0 saturated carbocycles. The zero-order valence-electron chi connectivity index (χ0n) is 16.8. The zero-order valence-corrected chi connectivity index (χ0v) is 17.6. The van der Waals surface area contributed by atoms with E-state index in [1.165, 1.54) is 53.7 Å². The highest BCUT2D eigenvalue weighted by Gasteiger charge is 2.06. The van der Waals surface area contributed by atoms with E-state index in [2.05, 4.69) is 73.4 Å². The van der Waals surface area contributed by atoms with E-state index in [4.69, 9.17) is 0 Å². The van der Waals surface area contributed by atoms with Crippen LogP contribution in [0.1, 0.15) is 62.6 Å². The number of hydrogen-bond donors (Lipinski definition) is 0. The lowest BCUT2D eigenvalue weighted by Crippen LogP contribution is -1.95. The molecule has 0 saturated heterocycles. The first kappa shape index (κ1) is 19.8. The van der Waals surface area contributed by atoms with E-state index in [0.29, 0.717) is 0 Å². The van der Waals surface area contributed by atoms with Crippen LogP contribution < -0.4 is 0 Å². The summed E-state index contributed by atoms with van der Waals surface area (Å²) in [6, 6.07) is 15.3. The van der Waals surface area contributed by atoms with Gasteiger partial charge in [-0.3, -0.25) is 0 Å². The predicted octanol–water partition coefficient (Wildman–Crippen LogP) is 6.74. The molecule has 142 valence electrons. The maximum Gasteiger partial charge on any atom is 0.147 e. The van der Waals surface area contributed by atoms with Gasteiger partial charge in [0.2, 0.25) is 0 Å². The molecular formula is C24H30N2S. The molecule has 0 amide bonds. The van der Waals surface area contributed by atoms with Crippen molar-refractivity contribution in [2.75, 3.05) is 0 Å². The molecule has 0 fully saturated rings. The van der Waals surface area contributed by atoms with Crippen molar-refractivity contribution >= 4 is 11.3 Å². The van der Waals surface area contributed by atoms with Gasteiger partial charge >= 0.3 is 0 Å². The summed E-state index contributed by atoms with van der Waals surface area (Å²) in [7, 11) is 0. The molecule has 0 N–H and O–H groups in total. The third-order valence-corrected chi connectivity index (χ3v) is 6.04. The van der Waals surface area contributed by atoms with Crippen molar-refractivity contribution in [1.29, 1.82) is 0 Å². The molecule has 1 heterocycles. The Morgan fingerprint density at radius 2 is 1.63 bits per heavy atom. The smallest absolute Gasteiger partial charge is 0.143 e. The van der Waals surface area contributed by atoms with E-state index in [1.807, 2.05) is 0 Å². The maximum absolute atomic E-state index is 4.29. The predicted molar refractivity (Wildman–Crippen MR) is 116 cm³/mol. The zero-order chi connectivity index (χ0) is 19.1. The van der Waals surface area contributed by atoms with E-state index in [0.717, 1.165) is 22.9 Å². The van der Waals surface area contributed by atoms with Crippen LogP contribution in [0.15, 0.2) is 42.5 Å². The van der Waals surface area contributed by atoms with E-state index < -0.39 is 0 Å². The van der Waals surface area contributed by atoms with Crippen molar-refractivity contribution in [3.05, 3.63) is 69.0 Å². The third-order valence-electron chi connectivity index (χ3n) is 5.01. The highest BCUT2D eigenvalue weighted by Crippen LogP contribution is 2.24. The number of unbranched alkanes of at least 4 members (excludes halogenated alkanes) is 2. The minimum Gasteiger partial charge on any atom is -0.143 e. The normalized spacial score (nSPS) is 11.1. The summed E-state index contributed by atoms with van der Waals surface area (Å²) in [5.74, 6) is 0. The van der Waals surface area contributed by atoms with Gasteiger partial charge in [0.1, 0.15) is 10.0 Å². The second-order valence-electron chi connectivity index (χ2n) is 7.13. The largest absolute Gasteiger partial charge is 0.147 e. The van der Waals surface area contributed by atoms with Gasteiger partial charge in [-0.2, -0.15) is 0 Å². The fraction of sp³-hybridized carbons (Fsp3) is 0.417. The monoisotopic (exact) mass is 378 g/mol. The molecule has 4 rings (SSSR count). The third kappa shape index (κ3) is 5.04. The van der Waals surface area contributed by atoms with Gasteiger partial charge in [0, 0.05) is 12.0 Å². The highest BCUT2D eigenvalue weighted by molar-refractivity contribution is 7.14. The van der Waals surface area contributed by atoms with Crippen LogP contribution in [0.3, 0.4) is 0 Å². The SMILES string of the molecule is CCCCCc1nnc(-c2ccc(CC)cc2)s1.CCCc1cc2ccc1=2. The number of nitrogens with zero attached hydrogens (tertiary/aromatic N) is 2. The molecule has 1 aromatic heterocycles. The minimum absolute atomic E-state index is 1.05. The van der Waals surface area contributed by atoms with Gasteiger partial charge in [-0.15, -0.1) is 10.2 Å². The summed E-state index contributed by atoms with van der Waals surface area (Å²) in [5, 5.41) is 13.8. The molecule has 2 nitrogen and oxygen atoms in total. The van der Waals surface area contributed by atoms with Crippen molar-refractivity contribution in [2.45, 2.75) is 65.7 Å². The van der Waals surface area contributed by atoms with E-state index in [1.54, 1.807) is 16.9 Å². The van der Waals surface area contributed by atoms with Crippen molar-refractivity contribution in [1.82, 2.24) is 10.2 Å². The van der Waals surface area contributed by atoms with Crippen LogP contribution in [0.2, 0.25) is 0 Å². The Labute approximate surface area is 167 Å². The van der Waals surface area contributed by atoms with Crippen LogP contribution in [0, 0.1) is 10.4 Å². The van der Waals surface area contributed by atoms with Crippen LogP contribution in [-0.4, -0.2) is 10.2 Å². The summed E-state index contributed by atoms with van der Waals surface area (Å²) in [5.41, 5.74) is 4.12. The van der Waals surface area contributed by atoms with Crippen LogP contribution in [0.25, 0.3) is 10.6 Å². The Morgan fingerprint density at radius 1 is 0.815 bits per heavy atom. The number of benzene rings is 2. The van der Waals surface area contributed by atoms with Gasteiger partial charge < -0.3 is 0 Å². The van der Waals surface area contributed by atoms with E-state index >= 15 is 0 Å². The van der Waals surface area contributed by atoms with Gasteiger partial charge in [-0.1, -0.05) is 93.8 Å². The molecule has 2 aliphatic rings. The molecule has 0 aliphatic heterocycles. The molecular weight excluding hydrogens is 348 g/mol. The van der Waals surface area contributed by atoms with Gasteiger partial charge in [-0.05, 0) is 40.8 Å². The van der Waals surface area contributed by atoms with Crippen LogP contribution >= 0.6 is 11.3 Å². The summed E-state index contributed by atoms with van der Waals surface area (Å²) < 4.78 is 0. The van der Waals surface area contributed by atoms with Crippen LogP contribution in [0.5, 0.6) is 0 Å². The fourth-order valence-corrected chi connectivity index (χ4v) is 4.11. The van der Waals surface area contributed by atoms with Crippen molar-refractivity contribution in [2.24, 2.45) is 0 Å². The molecule has 2 aliphatic carbocycles. The molecule has 3 heteroatoms. The first-order valence-electron chi connectivity index (χ1n) is 10.3. The molecule has 0 unspecified atom stereocenters. The average molecular weight is 379 g/mol. The second kappa shape index (κ2) is 9.80. The molecule has 0 radical (unpaired) electrons. The summed E-state index contributed by atoms with van der Waals surface area (Å²) in [6.45, 7) is 6.62. The van der Waals surface area contributed by atoms with Crippen molar-refractivity contribution < 1.29 is 0 Å². The van der Waals surface area contributed by atoms with E-state index in [9.17, 15) is 0 Å². The van der Waals surface area contributed by atoms with Crippen LogP contribution in [0.4, 0.5) is 0 Å². The Bertz CT molecular complexity index is 941. The number of hydrogen-bond acceptors (Lipinski definition) is 3. The minimum atomic E-state index is 1.05. The van der Waals surface area contributed by atoms with Gasteiger partial charge in [0.15, 0.2) is 0 Å². The summed E-state index contributed by atoms with van der Waals surface area (Å²) in [6.07, 6.45) is 8.45. The first-order chi connectivity index (χ1) is 13.2. The Kier molecular flexibility index (Phi) is 7.17. The van der Waals surface area contributed by atoms with Crippen molar-refractivity contribution in [3.8, 4) is 10.6 Å². The molecule has 0 spiro atoms. The Morgan fingerprint density at radius 3 is 2.19 bits per heavy atom. The lowest BCUT2D eigenvalue weighted by atomic mass is 9.96. The average Bonchev–Trinajstić information content (AvgIpc) is 3.15. The topological polar surface area (TPSA) is 25.8 Å². The summed E-state index contributed by atoms with van der Waals surface area (Å²) >= 11 is 1.73. The van der Waals surface area contributed by atoms with E-state index in [-0.39, 0.29) is 0 Å². The number of rotatable bonds is 8. The van der Waals surface area contributed by atoms with Crippen LogP contribution in [-0.2, 0) is 19.3 Å². The quantitative estimate of drug-likeness (QED) is 0.317. The first-order valence-corrected chi connectivity index (χ1v) is 11.1. The molecule has 1 aromatic carbocycles. The number of aromatic nitrogens is 2. The second-order valence-corrected chi connectivity index (χ2v) is 8.19. The molecule has 0 bridgehead atoms. The van der Waals surface area contributed by atoms with Gasteiger partial charge in [-0.25, -0.2) is 0 Å². The molecule has 27 heavy (non-hydrogen) atoms. The molecule has 0 atom stereocenters. The maximum atomic E-state index is 4.29. The van der Waals surface area contributed by atoms with Gasteiger partial charge in [0.05, 0.1) is 0 Å². The highest BCUT2D eigenvalue weighted by atomic mass is 32.1. The Balaban J connectivity index is 0.000000193.